The molecule has 1 heterocycles. The van der Waals surface area contributed by atoms with Crippen LogP contribution in [0.2, 0.25) is 0 Å². The van der Waals surface area contributed by atoms with Crippen LogP contribution in [0.15, 0.2) is 30.5 Å². The van der Waals surface area contributed by atoms with Crippen molar-refractivity contribution in [1.82, 2.24) is 15.0 Å². The second-order valence-electron chi connectivity index (χ2n) is 4.05. The lowest BCUT2D eigenvalue weighted by Crippen LogP contribution is -2.02. The van der Waals surface area contributed by atoms with Crippen LogP contribution in [0.5, 0.6) is 5.75 Å². The van der Waals surface area contributed by atoms with E-state index >= 15 is 0 Å². The van der Waals surface area contributed by atoms with Crippen LogP contribution >= 0.6 is 0 Å². The van der Waals surface area contributed by atoms with Crippen molar-refractivity contribution < 1.29 is 9.84 Å². The van der Waals surface area contributed by atoms with Gasteiger partial charge in [-0.15, -0.1) is 5.10 Å². The smallest absolute Gasteiger partial charge is 0.123 e. The lowest BCUT2D eigenvalue weighted by Gasteiger charge is -2.07. The second-order valence-corrected chi connectivity index (χ2v) is 4.05. The van der Waals surface area contributed by atoms with Gasteiger partial charge in [-0.25, -0.2) is 4.68 Å². The molecular formula is C13H17N3O2. The molecule has 0 fully saturated rings. The molecule has 0 aliphatic heterocycles. The van der Waals surface area contributed by atoms with E-state index in [1.54, 1.807) is 11.8 Å². The molecule has 0 amide bonds. The van der Waals surface area contributed by atoms with Crippen molar-refractivity contribution in [3.63, 3.8) is 0 Å². The number of hydrogen-bond donors (Lipinski definition) is 1. The summed E-state index contributed by atoms with van der Waals surface area (Å²) in [6, 6.07) is 7.85. The Kier molecular flexibility index (Phi) is 4.30. The maximum Gasteiger partial charge on any atom is 0.123 e. The van der Waals surface area contributed by atoms with E-state index in [1.807, 2.05) is 30.5 Å². The first-order chi connectivity index (χ1) is 8.83. The summed E-state index contributed by atoms with van der Waals surface area (Å²) < 4.78 is 7.08. The van der Waals surface area contributed by atoms with Crippen molar-refractivity contribution in [3.8, 4) is 5.75 Å². The van der Waals surface area contributed by atoms with Crippen molar-refractivity contribution >= 4 is 0 Å². The molecule has 0 saturated carbocycles. The fourth-order valence-electron chi connectivity index (χ4n) is 1.80. The largest absolute Gasteiger partial charge is 0.496 e. The van der Waals surface area contributed by atoms with Gasteiger partial charge in [0.1, 0.15) is 5.75 Å². The highest BCUT2D eigenvalue weighted by Crippen LogP contribution is 2.18. The van der Waals surface area contributed by atoms with Crippen LogP contribution in [0.3, 0.4) is 0 Å². The van der Waals surface area contributed by atoms with Crippen molar-refractivity contribution in [3.05, 3.63) is 41.7 Å². The van der Waals surface area contributed by atoms with Crippen molar-refractivity contribution in [2.75, 3.05) is 13.7 Å². The molecule has 96 valence electrons. The van der Waals surface area contributed by atoms with E-state index in [4.69, 9.17) is 9.84 Å². The summed E-state index contributed by atoms with van der Waals surface area (Å²) in [4.78, 5) is 0. The Labute approximate surface area is 106 Å². The average molecular weight is 247 g/mol. The molecule has 0 atom stereocenters. The van der Waals surface area contributed by atoms with E-state index in [0.29, 0.717) is 13.0 Å². The summed E-state index contributed by atoms with van der Waals surface area (Å²) in [6.45, 7) is 0.815. The molecule has 0 aliphatic carbocycles. The molecule has 0 aliphatic rings. The predicted molar refractivity (Wildman–Crippen MR) is 67.5 cm³/mol. The summed E-state index contributed by atoms with van der Waals surface area (Å²) in [6.07, 6.45) is 3.37. The normalized spacial score (nSPS) is 10.6. The molecule has 5 nitrogen and oxygen atoms in total. The van der Waals surface area contributed by atoms with E-state index in [9.17, 15) is 0 Å². The van der Waals surface area contributed by atoms with Gasteiger partial charge < -0.3 is 9.84 Å². The van der Waals surface area contributed by atoms with E-state index in [2.05, 4.69) is 10.3 Å². The standard InChI is InChI=1S/C13H17N3O2/c1-18-13-7-3-2-5-11(13)9-16-10-12(14-15-16)6-4-8-17/h2-3,5,7,10,17H,4,6,8-9H2,1H3. The zero-order chi connectivity index (χ0) is 12.8. The quantitative estimate of drug-likeness (QED) is 0.834. The number of methoxy groups -OCH3 is 1. The molecular weight excluding hydrogens is 230 g/mol. The van der Waals surface area contributed by atoms with Gasteiger partial charge in [0.25, 0.3) is 0 Å². The van der Waals surface area contributed by atoms with E-state index < -0.39 is 0 Å². The minimum Gasteiger partial charge on any atom is -0.496 e. The zero-order valence-electron chi connectivity index (χ0n) is 10.4. The predicted octanol–water partition coefficient (Wildman–Crippen LogP) is 1.26. The molecule has 0 radical (unpaired) electrons. The summed E-state index contributed by atoms with van der Waals surface area (Å²) in [7, 11) is 1.66. The van der Waals surface area contributed by atoms with Crippen LogP contribution in [-0.2, 0) is 13.0 Å². The maximum atomic E-state index is 8.77. The molecule has 0 saturated heterocycles. The summed E-state index contributed by atoms with van der Waals surface area (Å²) >= 11 is 0. The van der Waals surface area contributed by atoms with Gasteiger partial charge >= 0.3 is 0 Å². The number of hydrogen-bond acceptors (Lipinski definition) is 4. The Morgan fingerprint density at radius 1 is 1.33 bits per heavy atom. The van der Waals surface area contributed by atoms with Gasteiger partial charge in [-0.2, -0.15) is 0 Å². The van der Waals surface area contributed by atoms with Crippen LogP contribution in [0.25, 0.3) is 0 Å². The van der Waals surface area contributed by atoms with Gasteiger partial charge in [-0.3, -0.25) is 0 Å². The molecule has 1 aromatic carbocycles. The highest BCUT2D eigenvalue weighted by molar-refractivity contribution is 5.33. The van der Waals surface area contributed by atoms with Crippen molar-refractivity contribution in [1.29, 1.82) is 0 Å². The number of benzene rings is 1. The number of aliphatic hydroxyl groups excluding tert-OH is 1. The topological polar surface area (TPSA) is 60.2 Å². The minimum absolute atomic E-state index is 0.180. The van der Waals surface area contributed by atoms with Crippen molar-refractivity contribution in [2.24, 2.45) is 0 Å². The van der Waals surface area contributed by atoms with Gasteiger partial charge in [-0.1, -0.05) is 23.4 Å². The lowest BCUT2D eigenvalue weighted by molar-refractivity contribution is 0.288. The van der Waals surface area contributed by atoms with E-state index in [-0.39, 0.29) is 6.61 Å². The Morgan fingerprint density at radius 3 is 2.94 bits per heavy atom. The Morgan fingerprint density at radius 2 is 2.17 bits per heavy atom. The first kappa shape index (κ1) is 12.6. The Bertz CT molecular complexity index is 496. The number of aryl methyl sites for hydroxylation is 1. The lowest BCUT2D eigenvalue weighted by atomic mass is 10.2. The first-order valence-corrected chi connectivity index (χ1v) is 5.95. The molecule has 1 N–H and O–H groups in total. The van der Waals surface area contributed by atoms with Crippen LogP contribution in [0.1, 0.15) is 17.7 Å². The third kappa shape index (κ3) is 3.07. The highest BCUT2D eigenvalue weighted by Gasteiger charge is 2.05. The summed E-state index contributed by atoms with van der Waals surface area (Å²) in [5.74, 6) is 0.852. The number of rotatable bonds is 6. The van der Waals surface area contributed by atoms with Crippen LogP contribution < -0.4 is 4.74 Å². The van der Waals surface area contributed by atoms with Crippen LogP contribution in [0.4, 0.5) is 0 Å². The van der Waals surface area contributed by atoms with Gasteiger partial charge in [0.05, 0.1) is 19.3 Å². The van der Waals surface area contributed by atoms with Gasteiger partial charge in [0.2, 0.25) is 0 Å². The number of nitrogens with zero attached hydrogens (tertiary/aromatic N) is 3. The van der Waals surface area contributed by atoms with Crippen molar-refractivity contribution in [2.45, 2.75) is 19.4 Å². The monoisotopic (exact) mass is 247 g/mol. The average Bonchev–Trinajstić information content (AvgIpc) is 2.84. The Hall–Kier alpha value is -1.88. The maximum absolute atomic E-state index is 8.77. The number of ether oxygens (including phenoxy) is 1. The molecule has 2 aromatic rings. The molecule has 5 heteroatoms. The second kappa shape index (κ2) is 6.16. The SMILES string of the molecule is COc1ccccc1Cn1cc(CCCO)nn1. The third-order valence-corrected chi connectivity index (χ3v) is 2.70. The number of para-hydroxylation sites is 1. The zero-order valence-corrected chi connectivity index (χ0v) is 10.4. The number of aliphatic hydroxyl groups is 1. The number of aromatic nitrogens is 3. The van der Waals surface area contributed by atoms with E-state index in [1.165, 1.54) is 0 Å². The fourth-order valence-corrected chi connectivity index (χ4v) is 1.80. The van der Waals surface area contributed by atoms with Gasteiger partial charge in [-0.05, 0) is 18.9 Å². The highest BCUT2D eigenvalue weighted by atomic mass is 16.5. The van der Waals surface area contributed by atoms with Gasteiger partial charge in [0, 0.05) is 18.4 Å². The molecule has 0 unspecified atom stereocenters. The Balaban J connectivity index is 2.06. The molecule has 1 aromatic heterocycles. The van der Waals surface area contributed by atoms with Crippen LogP contribution in [-0.4, -0.2) is 33.8 Å². The molecule has 18 heavy (non-hydrogen) atoms. The summed E-state index contributed by atoms with van der Waals surface area (Å²) in [5, 5.41) is 16.9. The summed E-state index contributed by atoms with van der Waals surface area (Å²) in [5.41, 5.74) is 1.97. The van der Waals surface area contributed by atoms with Gasteiger partial charge in [0.15, 0.2) is 0 Å². The van der Waals surface area contributed by atoms with E-state index in [0.717, 1.165) is 23.4 Å². The first-order valence-electron chi connectivity index (χ1n) is 5.95. The minimum atomic E-state index is 0.180. The molecule has 2 rings (SSSR count). The fraction of sp³-hybridized carbons (Fsp3) is 0.385. The molecule has 0 spiro atoms. The van der Waals surface area contributed by atoms with Crippen LogP contribution in [0, 0.1) is 0 Å². The molecule has 0 bridgehead atoms. The third-order valence-electron chi connectivity index (χ3n) is 2.70.